The Morgan fingerprint density at radius 1 is 1.33 bits per heavy atom. The van der Waals surface area contributed by atoms with Gasteiger partial charge in [0.15, 0.2) is 0 Å². The molecule has 0 unspecified atom stereocenters. The number of aliphatic carboxylic acids is 1. The van der Waals surface area contributed by atoms with Gasteiger partial charge in [-0.05, 0) is 31.4 Å². The van der Waals surface area contributed by atoms with E-state index in [9.17, 15) is 9.59 Å². The number of hydrogen-bond donors (Lipinski definition) is 2. The molecule has 3 rings (SSSR count). The maximum Gasteiger partial charge on any atom is 0.323 e. The van der Waals surface area contributed by atoms with Crippen LogP contribution in [-0.4, -0.2) is 39.5 Å². The number of para-hydroxylation sites is 1. The largest absolute Gasteiger partial charge is 0.480 e. The predicted molar refractivity (Wildman–Crippen MR) is 79.1 cm³/mol. The van der Waals surface area contributed by atoms with Gasteiger partial charge in [0.2, 0.25) is 5.91 Å². The molecule has 0 aliphatic heterocycles. The average Bonchev–Trinajstić information content (AvgIpc) is 3.22. The maximum absolute atomic E-state index is 12.5. The van der Waals surface area contributed by atoms with Crippen molar-refractivity contribution in [3.05, 3.63) is 35.5 Å². The summed E-state index contributed by atoms with van der Waals surface area (Å²) in [6, 6.07) is 7.97. The summed E-state index contributed by atoms with van der Waals surface area (Å²) >= 11 is 0. The van der Waals surface area contributed by atoms with Gasteiger partial charge in [0.05, 0.1) is 6.42 Å². The number of amides is 1. The fraction of sp³-hybridized carbons (Fsp3) is 0.375. The van der Waals surface area contributed by atoms with Crippen molar-refractivity contribution in [3.63, 3.8) is 0 Å². The second kappa shape index (κ2) is 5.24. The molecular formula is C16H18N2O3. The Kier molecular flexibility index (Phi) is 3.41. The van der Waals surface area contributed by atoms with E-state index >= 15 is 0 Å². The molecule has 2 N–H and O–H groups in total. The van der Waals surface area contributed by atoms with Gasteiger partial charge in [-0.3, -0.25) is 9.59 Å². The SMILES string of the molecule is Cc1[nH]c2ccccc2c1CC(=O)N(CC(=O)O)C1CC1. The zero-order chi connectivity index (χ0) is 15.0. The van der Waals surface area contributed by atoms with Crippen LogP contribution in [0.5, 0.6) is 0 Å². The van der Waals surface area contributed by atoms with E-state index in [0.717, 1.165) is 35.0 Å². The number of rotatable bonds is 5. The maximum atomic E-state index is 12.5. The molecule has 1 heterocycles. The Bertz CT molecular complexity index is 701. The van der Waals surface area contributed by atoms with E-state index in [1.807, 2.05) is 31.2 Å². The fourth-order valence-corrected chi connectivity index (χ4v) is 2.77. The number of nitrogens with zero attached hydrogens (tertiary/aromatic N) is 1. The van der Waals surface area contributed by atoms with E-state index in [4.69, 9.17) is 5.11 Å². The van der Waals surface area contributed by atoms with Gasteiger partial charge < -0.3 is 15.0 Å². The molecule has 5 heteroatoms. The molecular weight excluding hydrogens is 268 g/mol. The third-order valence-electron chi connectivity index (χ3n) is 3.97. The minimum Gasteiger partial charge on any atom is -0.480 e. The number of carboxylic acids is 1. The lowest BCUT2D eigenvalue weighted by Gasteiger charge is -2.20. The number of fused-ring (bicyclic) bond motifs is 1. The molecule has 0 radical (unpaired) electrons. The summed E-state index contributed by atoms with van der Waals surface area (Å²) in [4.78, 5) is 28.2. The number of H-pyrrole nitrogens is 1. The highest BCUT2D eigenvalue weighted by atomic mass is 16.4. The molecule has 1 aliphatic rings. The minimum absolute atomic E-state index is 0.104. The van der Waals surface area contributed by atoms with Crippen LogP contribution < -0.4 is 0 Å². The highest BCUT2D eigenvalue weighted by Gasteiger charge is 2.34. The summed E-state index contributed by atoms with van der Waals surface area (Å²) < 4.78 is 0. The summed E-state index contributed by atoms with van der Waals surface area (Å²) in [6.07, 6.45) is 2.07. The van der Waals surface area contributed by atoms with Crippen molar-refractivity contribution in [3.8, 4) is 0 Å². The number of carboxylic acid groups (broad SMARTS) is 1. The van der Waals surface area contributed by atoms with Crippen molar-refractivity contribution >= 4 is 22.8 Å². The van der Waals surface area contributed by atoms with Crippen LogP contribution in [0.15, 0.2) is 24.3 Å². The van der Waals surface area contributed by atoms with Crippen molar-refractivity contribution in [1.82, 2.24) is 9.88 Å². The van der Waals surface area contributed by atoms with Gasteiger partial charge in [0.25, 0.3) is 0 Å². The first-order valence-corrected chi connectivity index (χ1v) is 7.13. The molecule has 2 aromatic rings. The van der Waals surface area contributed by atoms with Gasteiger partial charge in [-0.25, -0.2) is 0 Å². The zero-order valence-corrected chi connectivity index (χ0v) is 11.9. The molecule has 110 valence electrons. The van der Waals surface area contributed by atoms with E-state index in [-0.39, 0.29) is 24.9 Å². The van der Waals surface area contributed by atoms with Crippen LogP contribution in [0.25, 0.3) is 10.9 Å². The number of aryl methyl sites for hydroxylation is 1. The first-order valence-electron chi connectivity index (χ1n) is 7.13. The number of hydrogen-bond acceptors (Lipinski definition) is 2. The Labute approximate surface area is 122 Å². The van der Waals surface area contributed by atoms with E-state index in [0.29, 0.717) is 0 Å². The van der Waals surface area contributed by atoms with E-state index in [2.05, 4.69) is 4.98 Å². The molecule has 0 saturated heterocycles. The van der Waals surface area contributed by atoms with Crippen LogP contribution in [0.1, 0.15) is 24.1 Å². The summed E-state index contributed by atoms with van der Waals surface area (Å²) in [5, 5.41) is 10.00. The Morgan fingerprint density at radius 3 is 2.71 bits per heavy atom. The van der Waals surface area contributed by atoms with Gasteiger partial charge in [-0.15, -0.1) is 0 Å². The second-order valence-corrected chi connectivity index (χ2v) is 5.60. The van der Waals surface area contributed by atoms with E-state index < -0.39 is 5.97 Å². The van der Waals surface area contributed by atoms with Crippen molar-refractivity contribution in [2.45, 2.75) is 32.2 Å². The highest BCUT2D eigenvalue weighted by molar-refractivity contribution is 5.91. The van der Waals surface area contributed by atoms with Gasteiger partial charge in [-0.1, -0.05) is 18.2 Å². The molecule has 1 aliphatic carbocycles. The lowest BCUT2D eigenvalue weighted by molar-refractivity contribution is -0.144. The lowest BCUT2D eigenvalue weighted by Crippen LogP contribution is -2.38. The first-order chi connectivity index (χ1) is 10.1. The van der Waals surface area contributed by atoms with Crippen LogP contribution >= 0.6 is 0 Å². The molecule has 1 amide bonds. The third-order valence-corrected chi connectivity index (χ3v) is 3.97. The monoisotopic (exact) mass is 286 g/mol. The third kappa shape index (κ3) is 2.77. The predicted octanol–water partition coefficient (Wildman–Crippen LogP) is 2.09. The molecule has 0 spiro atoms. The van der Waals surface area contributed by atoms with Gasteiger partial charge in [-0.2, -0.15) is 0 Å². The van der Waals surface area contributed by atoms with E-state index in [1.165, 1.54) is 4.90 Å². The van der Waals surface area contributed by atoms with Crippen LogP contribution in [0.3, 0.4) is 0 Å². The minimum atomic E-state index is -0.953. The lowest BCUT2D eigenvalue weighted by atomic mass is 10.1. The summed E-state index contributed by atoms with van der Waals surface area (Å²) in [5.41, 5.74) is 2.94. The molecule has 1 saturated carbocycles. The fourth-order valence-electron chi connectivity index (χ4n) is 2.77. The number of carbonyl (C=O) groups is 2. The molecule has 5 nitrogen and oxygen atoms in total. The van der Waals surface area contributed by atoms with Crippen LogP contribution in [0.4, 0.5) is 0 Å². The molecule has 0 bridgehead atoms. The Balaban J connectivity index is 1.85. The Hall–Kier alpha value is -2.30. The zero-order valence-electron chi connectivity index (χ0n) is 11.9. The van der Waals surface area contributed by atoms with Crippen LogP contribution in [-0.2, 0) is 16.0 Å². The highest BCUT2D eigenvalue weighted by Crippen LogP contribution is 2.29. The Morgan fingerprint density at radius 2 is 2.05 bits per heavy atom. The van der Waals surface area contributed by atoms with Crippen molar-refractivity contribution < 1.29 is 14.7 Å². The smallest absolute Gasteiger partial charge is 0.323 e. The number of carbonyl (C=O) groups excluding carboxylic acids is 1. The van der Waals surface area contributed by atoms with Crippen molar-refractivity contribution in [1.29, 1.82) is 0 Å². The summed E-state index contributed by atoms with van der Waals surface area (Å²) in [6.45, 7) is 1.74. The second-order valence-electron chi connectivity index (χ2n) is 5.60. The van der Waals surface area contributed by atoms with Crippen LogP contribution in [0.2, 0.25) is 0 Å². The molecule has 1 aromatic heterocycles. The number of benzene rings is 1. The molecule has 1 aromatic carbocycles. The van der Waals surface area contributed by atoms with Crippen molar-refractivity contribution in [2.24, 2.45) is 0 Å². The summed E-state index contributed by atoms with van der Waals surface area (Å²) in [7, 11) is 0. The molecule has 21 heavy (non-hydrogen) atoms. The number of aromatic nitrogens is 1. The van der Waals surface area contributed by atoms with Crippen LogP contribution in [0, 0.1) is 6.92 Å². The molecule has 0 atom stereocenters. The topological polar surface area (TPSA) is 73.4 Å². The normalized spacial score (nSPS) is 14.3. The van der Waals surface area contributed by atoms with Gasteiger partial charge >= 0.3 is 5.97 Å². The quantitative estimate of drug-likeness (QED) is 0.884. The average molecular weight is 286 g/mol. The summed E-state index contributed by atoms with van der Waals surface area (Å²) in [5.74, 6) is -1.06. The number of nitrogens with one attached hydrogen (secondary N) is 1. The van der Waals surface area contributed by atoms with Gasteiger partial charge in [0.1, 0.15) is 6.54 Å². The standard InChI is InChI=1S/C16H18N2O3/c1-10-13(12-4-2-3-5-14(12)17-10)8-15(19)18(9-16(20)21)11-6-7-11/h2-5,11,17H,6-9H2,1H3,(H,20,21). The molecule has 1 fully saturated rings. The first kappa shape index (κ1) is 13.7. The van der Waals surface area contributed by atoms with Gasteiger partial charge in [0, 0.05) is 22.6 Å². The number of aromatic amines is 1. The van der Waals surface area contributed by atoms with Crippen molar-refractivity contribution in [2.75, 3.05) is 6.54 Å². The van der Waals surface area contributed by atoms with E-state index in [1.54, 1.807) is 0 Å².